The van der Waals surface area contributed by atoms with Gasteiger partial charge in [0.2, 0.25) is 5.91 Å². The number of hydrogen-bond donors (Lipinski definition) is 0. The quantitative estimate of drug-likeness (QED) is 0.309. The molecule has 0 aliphatic heterocycles. The first-order valence-electron chi connectivity index (χ1n) is 9.23. The number of nitrogens with zero attached hydrogens (tertiary/aromatic N) is 6. The van der Waals surface area contributed by atoms with Crippen LogP contribution in [0.5, 0.6) is 0 Å². The van der Waals surface area contributed by atoms with Crippen LogP contribution in [0.25, 0.3) is 16.9 Å². The second-order valence-corrected chi connectivity index (χ2v) is 7.44. The number of aromatic nitrogens is 5. The van der Waals surface area contributed by atoms with Gasteiger partial charge in [0.05, 0.1) is 6.54 Å². The Morgan fingerprint density at radius 3 is 2.79 bits per heavy atom. The SMILES string of the molecule is CCCCN(C(C)=O)c1cccc(-n2c3nc(SC)ncc3c(=O)n2CC=S)n1. The van der Waals surface area contributed by atoms with Gasteiger partial charge in [0.15, 0.2) is 16.6 Å². The molecule has 3 rings (SSSR count). The fraction of sp³-hybridized carbons (Fsp3) is 0.368. The highest BCUT2D eigenvalue weighted by molar-refractivity contribution is 7.98. The van der Waals surface area contributed by atoms with Crippen LogP contribution in [0.2, 0.25) is 0 Å². The molecular weight excluding hydrogens is 408 g/mol. The standard InChI is InChI=1S/C19H22N6O2S2/c1-4-5-9-23(13(2)26)15-7-6-8-16(21-15)25-17-14(12-20-19(22-17)29-3)18(27)24(25)10-11-28/h6-8,11-12H,4-5,9-10H2,1-3H3. The van der Waals surface area contributed by atoms with E-state index in [-0.39, 0.29) is 18.0 Å². The number of thioether (sulfide) groups is 1. The third-order valence-corrected chi connectivity index (χ3v) is 5.12. The summed E-state index contributed by atoms with van der Waals surface area (Å²) in [5.74, 6) is 0.939. The fourth-order valence-corrected chi connectivity index (χ4v) is 3.49. The molecule has 0 unspecified atom stereocenters. The van der Waals surface area contributed by atoms with Gasteiger partial charge in [0.25, 0.3) is 5.56 Å². The molecule has 0 atom stereocenters. The van der Waals surface area contributed by atoms with Crippen molar-refractivity contribution >= 4 is 52.1 Å². The van der Waals surface area contributed by atoms with Crippen molar-refractivity contribution in [3.05, 3.63) is 34.7 Å². The lowest BCUT2D eigenvalue weighted by atomic mass is 10.3. The number of fused-ring (bicyclic) bond motifs is 1. The third-order valence-electron chi connectivity index (χ3n) is 4.41. The molecule has 152 valence electrons. The zero-order valence-electron chi connectivity index (χ0n) is 16.5. The molecule has 0 aliphatic rings. The molecule has 0 aromatic carbocycles. The molecule has 0 saturated carbocycles. The fourth-order valence-electron chi connectivity index (χ4n) is 3.01. The topological polar surface area (TPSA) is 85.9 Å². The minimum Gasteiger partial charge on any atom is -0.297 e. The Hall–Kier alpha value is -2.59. The summed E-state index contributed by atoms with van der Waals surface area (Å²) < 4.78 is 3.12. The van der Waals surface area contributed by atoms with Crippen LogP contribution in [-0.2, 0) is 11.3 Å². The predicted octanol–water partition coefficient (Wildman–Crippen LogP) is 2.85. The molecule has 10 heteroatoms. The maximum absolute atomic E-state index is 12.9. The van der Waals surface area contributed by atoms with Gasteiger partial charge >= 0.3 is 0 Å². The maximum atomic E-state index is 12.9. The van der Waals surface area contributed by atoms with Gasteiger partial charge in [-0.25, -0.2) is 24.3 Å². The molecule has 0 saturated heterocycles. The Labute approximate surface area is 177 Å². The van der Waals surface area contributed by atoms with E-state index < -0.39 is 0 Å². The smallest absolute Gasteiger partial charge is 0.278 e. The minimum absolute atomic E-state index is 0.0799. The van der Waals surface area contributed by atoms with Crippen LogP contribution < -0.4 is 10.5 Å². The largest absolute Gasteiger partial charge is 0.297 e. The lowest BCUT2D eigenvalue weighted by Gasteiger charge is -2.21. The first-order chi connectivity index (χ1) is 14.0. The molecule has 3 aromatic rings. The van der Waals surface area contributed by atoms with Crippen molar-refractivity contribution in [2.45, 2.75) is 38.4 Å². The average molecular weight is 431 g/mol. The van der Waals surface area contributed by atoms with E-state index in [4.69, 9.17) is 12.2 Å². The highest BCUT2D eigenvalue weighted by atomic mass is 32.2. The van der Waals surface area contributed by atoms with Crippen molar-refractivity contribution in [2.75, 3.05) is 17.7 Å². The molecular formula is C19H22N6O2S2. The molecule has 0 fully saturated rings. The third kappa shape index (κ3) is 4.23. The minimum atomic E-state index is -0.240. The van der Waals surface area contributed by atoms with E-state index in [9.17, 15) is 9.59 Å². The summed E-state index contributed by atoms with van der Waals surface area (Å²) in [6.45, 7) is 4.40. The van der Waals surface area contributed by atoms with Crippen LogP contribution in [0.15, 0.2) is 34.3 Å². The van der Waals surface area contributed by atoms with Crippen molar-refractivity contribution in [3.63, 3.8) is 0 Å². The average Bonchev–Trinajstić information content (AvgIpc) is 2.99. The van der Waals surface area contributed by atoms with Gasteiger partial charge < -0.3 is 0 Å². The Kier molecular flexibility index (Phi) is 6.75. The Morgan fingerprint density at radius 2 is 2.14 bits per heavy atom. The van der Waals surface area contributed by atoms with E-state index in [1.54, 1.807) is 21.7 Å². The van der Waals surface area contributed by atoms with Crippen LogP contribution in [0.1, 0.15) is 26.7 Å². The van der Waals surface area contributed by atoms with Gasteiger partial charge in [-0.2, -0.15) is 0 Å². The molecule has 0 radical (unpaired) electrons. The number of hydrogen-bond acceptors (Lipinski definition) is 7. The summed E-state index contributed by atoms with van der Waals surface area (Å²) >= 11 is 6.38. The van der Waals surface area contributed by atoms with Crippen LogP contribution in [0, 0.1) is 0 Å². The lowest BCUT2D eigenvalue weighted by Crippen LogP contribution is -2.31. The number of anilines is 1. The van der Waals surface area contributed by atoms with Crippen molar-refractivity contribution in [2.24, 2.45) is 0 Å². The van der Waals surface area contributed by atoms with Crippen LogP contribution in [0.4, 0.5) is 5.82 Å². The van der Waals surface area contributed by atoms with Crippen LogP contribution >= 0.6 is 24.0 Å². The van der Waals surface area contributed by atoms with E-state index in [2.05, 4.69) is 21.9 Å². The summed E-state index contributed by atoms with van der Waals surface area (Å²) in [5.41, 5.74) is 0.217. The molecule has 0 N–H and O–H groups in total. The predicted molar refractivity (Wildman–Crippen MR) is 119 cm³/mol. The lowest BCUT2D eigenvalue weighted by molar-refractivity contribution is -0.116. The van der Waals surface area contributed by atoms with Gasteiger partial charge in [0, 0.05) is 25.0 Å². The first kappa shape index (κ1) is 21.1. The molecule has 8 nitrogen and oxygen atoms in total. The van der Waals surface area contributed by atoms with Crippen LogP contribution in [-0.4, -0.2) is 48.4 Å². The second-order valence-electron chi connectivity index (χ2n) is 6.34. The summed E-state index contributed by atoms with van der Waals surface area (Å²) in [4.78, 5) is 40.1. The van der Waals surface area contributed by atoms with E-state index in [0.717, 1.165) is 12.8 Å². The molecule has 29 heavy (non-hydrogen) atoms. The van der Waals surface area contributed by atoms with Crippen molar-refractivity contribution in [1.82, 2.24) is 24.3 Å². The molecule has 0 spiro atoms. The van der Waals surface area contributed by atoms with E-state index in [1.807, 2.05) is 12.3 Å². The second kappa shape index (κ2) is 9.27. The van der Waals surface area contributed by atoms with E-state index in [1.165, 1.54) is 34.9 Å². The number of pyridine rings is 1. The van der Waals surface area contributed by atoms with Gasteiger partial charge in [-0.15, -0.1) is 0 Å². The van der Waals surface area contributed by atoms with Gasteiger partial charge in [0.1, 0.15) is 11.2 Å². The Morgan fingerprint density at radius 1 is 1.34 bits per heavy atom. The Bertz CT molecular complexity index is 1110. The molecule has 3 heterocycles. The Balaban J connectivity index is 2.22. The van der Waals surface area contributed by atoms with Crippen LogP contribution in [0.3, 0.4) is 0 Å². The number of thiocarbonyl (C=S) groups is 1. The summed E-state index contributed by atoms with van der Waals surface area (Å²) in [5, 5.41) is 2.42. The highest BCUT2D eigenvalue weighted by Gasteiger charge is 2.19. The highest BCUT2D eigenvalue weighted by Crippen LogP contribution is 2.20. The normalized spacial score (nSPS) is 11.0. The summed E-state index contributed by atoms with van der Waals surface area (Å²) in [7, 11) is 0. The van der Waals surface area contributed by atoms with Gasteiger partial charge in [-0.05, 0) is 24.8 Å². The van der Waals surface area contributed by atoms with E-state index >= 15 is 0 Å². The van der Waals surface area contributed by atoms with Crippen molar-refractivity contribution < 1.29 is 4.79 Å². The van der Waals surface area contributed by atoms with Crippen molar-refractivity contribution in [1.29, 1.82) is 0 Å². The summed E-state index contributed by atoms with van der Waals surface area (Å²) in [6, 6.07) is 5.38. The molecule has 0 bridgehead atoms. The monoisotopic (exact) mass is 430 g/mol. The number of carbonyl (C=O) groups excluding carboxylic acids is 1. The maximum Gasteiger partial charge on any atom is 0.278 e. The molecule has 0 aliphatic carbocycles. The summed E-state index contributed by atoms with van der Waals surface area (Å²) in [6.07, 6.45) is 5.24. The van der Waals surface area contributed by atoms with Gasteiger partial charge in [-0.1, -0.05) is 43.4 Å². The number of rotatable bonds is 8. The number of carbonyl (C=O) groups is 1. The van der Waals surface area contributed by atoms with Crippen molar-refractivity contribution in [3.8, 4) is 5.82 Å². The number of unbranched alkanes of at least 4 members (excludes halogenated alkanes) is 1. The molecule has 1 amide bonds. The first-order valence-corrected chi connectivity index (χ1v) is 10.9. The zero-order valence-corrected chi connectivity index (χ0v) is 18.2. The molecule has 3 aromatic heterocycles. The number of amides is 1. The van der Waals surface area contributed by atoms with E-state index in [0.29, 0.717) is 34.4 Å². The zero-order chi connectivity index (χ0) is 21.0. The van der Waals surface area contributed by atoms with Gasteiger partial charge in [-0.3, -0.25) is 14.5 Å².